The van der Waals surface area contributed by atoms with Crippen LogP contribution in [0.5, 0.6) is 0 Å². The Hall–Kier alpha value is -0.680. The van der Waals surface area contributed by atoms with E-state index in [0.717, 1.165) is 24.4 Å². The third-order valence-corrected chi connectivity index (χ3v) is 3.20. The smallest absolute Gasteiger partial charge is 0.264 e. The SMILES string of the molecule is CC(CCl)CCCNC(=O)c1cnns1. The van der Waals surface area contributed by atoms with Gasteiger partial charge in [-0.2, -0.15) is 0 Å². The van der Waals surface area contributed by atoms with E-state index in [-0.39, 0.29) is 5.91 Å². The lowest BCUT2D eigenvalue weighted by Gasteiger charge is -2.07. The van der Waals surface area contributed by atoms with Crippen molar-refractivity contribution in [3.05, 3.63) is 11.1 Å². The van der Waals surface area contributed by atoms with E-state index >= 15 is 0 Å². The quantitative estimate of drug-likeness (QED) is 0.617. The van der Waals surface area contributed by atoms with Crippen molar-refractivity contribution in [1.82, 2.24) is 14.9 Å². The summed E-state index contributed by atoms with van der Waals surface area (Å²) in [5.41, 5.74) is 0. The molecule has 0 aliphatic rings. The molecule has 0 spiro atoms. The van der Waals surface area contributed by atoms with E-state index in [9.17, 15) is 4.79 Å². The maximum absolute atomic E-state index is 11.4. The van der Waals surface area contributed by atoms with E-state index in [1.807, 2.05) is 0 Å². The molecule has 0 aliphatic heterocycles. The van der Waals surface area contributed by atoms with Gasteiger partial charge in [0.2, 0.25) is 0 Å². The highest BCUT2D eigenvalue weighted by Gasteiger charge is 2.07. The van der Waals surface area contributed by atoms with Gasteiger partial charge in [0, 0.05) is 12.4 Å². The van der Waals surface area contributed by atoms with Crippen molar-refractivity contribution in [3.8, 4) is 0 Å². The van der Waals surface area contributed by atoms with Gasteiger partial charge < -0.3 is 5.32 Å². The van der Waals surface area contributed by atoms with Crippen LogP contribution in [0.4, 0.5) is 0 Å². The molecule has 0 fully saturated rings. The molecule has 4 nitrogen and oxygen atoms in total. The molecule has 15 heavy (non-hydrogen) atoms. The molecule has 0 bridgehead atoms. The molecule has 1 atom stereocenters. The maximum atomic E-state index is 11.4. The van der Waals surface area contributed by atoms with Gasteiger partial charge in [-0.1, -0.05) is 11.4 Å². The summed E-state index contributed by atoms with van der Waals surface area (Å²) >= 11 is 6.78. The molecule has 1 amide bonds. The Morgan fingerprint density at radius 1 is 1.73 bits per heavy atom. The summed E-state index contributed by atoms with van der Waals surface area (Å²) in [5, 5.41) is 6.42. The van der Waals surface area contributed by atoms with Gasteiger partial charge in [-0.05, 0) is 30.3 Å². The lowest BCUT2D eigenvalue weighted by Crippen LogP contribution is -2.23. The highest BCUT2D eigenvalue weighted by Crippen LogP contribution is 2.06. The van der Waals surface area contributed by atoms with Crippen molar-refractivity contribution < 1.29 is 4.79 Å². The minimum atomic E-state index is -0.0940. The number of halogens is 1. The number of hydrogen-bond donors (Lipinski definition) is 1. The second-order valence-electron chi connectivity index (χ2n) is 3.44. The van der Waals surface area contributed by atoms with Gasteiger partial charge in [0.1, 0.15) is 4.88 Å². The van der Waals surface area contributed by atoms with Crippen molar-refractivity contribution in [2.45, 2.75) is 19.8 Å². The van der Waals surface area contributed by atoms with Crippen LogP contribution in [0.2, 0.25) is 0 Å². The minimum absolute atomic E-state index is 0.0940. The summed E-state index contributed by atoms with van der Waals surface area (Å²) in [4.78, 5) is 12.0. The first-order chi connectivity index (χ1) is 7.24. The highest BCUT2D eigenvalue weighted by atomic mass is 35.5. The molecule has 1 heterocycles. The maximum Gasteiger partial charge on any atom is 0.264 e. The number of nitrogens with zero attached hydrogens (tertiary/aromatic N) is 2. The minimum Gasteiger partial charge on any atom is -0.351 e. The molecule has 1 unspecified atom stereocenters. The zero-order chi connectivity index (χ0) is 11.1. The van der Waals surface area contributed by atoms with E-state index in [1.165, 1.54) is 6.20 Å². The molecule has 84 valence electrons. The third kappa shape index (κ3) is 4.57. The monoisotopic (exact) mass is 247 g/mol. The zero-order valence-corrected chi connectivity index (χ0v) is 10.1. The van der Waals surface area contributed by atoms with Gasteiger partial charge >= 0.3 is 0 Å². The van der Waals surface area contributed by atoms with Gasteiger partial charge in [0.05, 0.1) is 6.20 Å². The molecule has 6 heteroatoms. The van der Waals surface area contributed by atoms with Gasteiger partial charge in [0.15, 0.2) is 0 Å². The topological polar surface area (TPSA) is 54.9 Å². The fourth-order valence-electron chi connectivity index (χ4n) is 1.08. The Balaban J connectivity index is 2.13. The van der Waals surface area contributed by atoms with Crippen LogP contribution in [-0.4, -0.2) is 27.9 Å². The molecule has 1 rings (SSSR count). The fourth-order valence-corrected chi connectivity index (χ4v) is 1.67. The molecule has 0 radical (unpaired) electrons. The fraction of sp³-hybridized carbons (Fsp3) is 0.667. The van der Waals surface area contributed by atoms with Crippen LogP contribution in [-0.2, 0) is 0 Å². The first-order valence-corrected chi connectivity index (χ1v) is 6.16. The summed E-state index contributed by atoms with van der Waals surface area (Å²) in [5.74, 6) is 1.09. The number of carbonyl (C=O) groups excluding carboxylic acids is 1. The summed E-state index contributed by atoms with van der Waals surface area (Å²) in [6.45, 7) is 2.78. The molecule has 1 N–H and O–H groups in total. The van der Waals surface area contributed by atoms with Gasteiger partial charge in [-0.3, -0.25) is 4.79 Å². The number of amides is 1. The molecular formula is C9H14ClN3OS. The van der Waals surface area contributed by atoms with Crippen LogP contribution >= 0.6 is 23.1 Å². The van der Waals surface area contributed by atoms with Gasteiger partial charge in [0.25, 0.3) is 5.91 Å². The molecule has 0 aromatic carbocycles. The Kier molecular flexibility index (Phi) is 5.57. The first kappa shape index (κ1) is 12.4. The number of carbonyl (C=O) groups is 1. The van der Waals surface area contributed by atoms with Crippen molar-refractivity contribution in [3.63, 3.8) is 0 Å². The zero-order valence-electron chi connectivity index (χ0n) is 8.57. The van der Waals surface area contributed by atoms with E-state index < -0.39 is 0 Å². The van der Waals surface area contributed by atoms with Crippen LogP contribution in [0.3, 0.4) is 0 Å². The van der Waals surface area contributed by atoms with Gasteiger partial charge in [-0.15, -0.1) is 16.7 Å². The summed E-state index contributed by atoms with van der Waals surface area (Å²) < 4.78 is 3.63. The Morgan fingerprint density at radius 3 is 3.13 bits per heavy atom. The third-order valence-electron chi connectivity index (χ3n) is 2.01. The van der Waals surface area contributed by atoms with E-state index in [0.29, 0.717) is 23.2 Å². The molecule has 1 aromatic heterocycles. The average Bonchev–Trinajstić information content (AvgIpc) is 2.77. The van der Waals surface area contributed by atoms with Crippen LogP contribution in [0.15, 0.2) is 6.20 Å². The molecular weight excluding hydrogens is 234 g/mol. The Morgan fingerprint density at radius 2 is 2.53 bits per heavy atom. The lowest BCUT2D eigenvalue weighted by molar-refractivity contribution is 0.0956. The molecule has 1 aromatic rings. The van der Waals surface area contributed by atoms with Crippen molar-refractivity contribution in [2.24, 2.45) is 5.92 Å². The van der Waals surface area contributed by atoms with E-state index in [4.69, 9.17) is 11.6 Å². The average molecular weight is 248 g/mol. The number of aromatic nitrogens is 2. The standard InChI is InChI=1S/C9H14ClN3OS/c1-7(5-10)3-2-4-11-9(14)8-6-12-13-15-8/h6-7H,2-5H2,1H3,(H,11,14). The van der Waals surface area contributed by atoms with Gasteiger partial charge in [-0.25, -0.2) is 0 Å². The second-order valence-corrected chi connectivity index (χ2v) is 4.53. The number of alkyl halides is 1. The van der Waals surface area contributed by atoms with E-state index in [1.54, 1.807) is 0 Å². The van der Waals surface area contributed by atoms with Crippen molar-refractivity contribution in [1.29, 1.82) is 0 Å². The highest BCUT2D eigenvalue weighted by molar-refractivity contribution is 7.07. The molecule has 0 aliphatic carbocycles. The van der Waals surface area contributed by atoms with E-state index in [2.05, 4.69) is 21.8 Å². The normalized spacial score (nSPS) is 12.4. The predicted octanol–water partition coefficient (Wildman–Crippen LogP) is 1.92. The first-order valence-electron chi connectivity index (χ1n) is 4.85. The van der Waals surface area contributed by atoms with Crippen molar-refractivity contribution in [2.75, 3.05) is 12.4 Å². The van der Waals surface area contributed by atoms with Crippen LogP contribution in [0.25, 0.3) is 0 Å². The summed E-state index contributed by atoms with van der Waals surface area (Å²) in [6.07, 6.45) is 3.46. The Bertz CT molecular complexity index is 292. The van der Waals surface area contributed by atoms with Crippen LogP contribution in [0, 0.1) is 5.92 Å². The lowest BCUT2D eigenvalue weighted by atomic mass is 10.1. The molecule has 0 saturated heterocycles. The number of rotatable bonds is 6. The molecule has 0 saturated carbocycles. The predicted molar refractivity (Wildman–Crippen MR) is 61.4 cm³/mol. The van der Waals surface area contributed by atoms with Crippen LogP contribution < -0.4 is 5.32 Å². The number of hydrogen-bond acceptors (Lipinski definition) is 4. The summed E-state index contributed by atoms with van der Waals surface area (Å²) in [7, 11) is 0. The van der Waals surface area contributed by atoms with Crippen molar-refractivity contribution >= 4 is 29.0 Å². The largest absolute Gasteiger partial charge is 0.351 e. The van der Waals surface area contributed by atoms with Crippen LogP contribution in [0.1, 0.15) is 29.4 Å². The Labute approximate surface area is 98.2 Å². The second kappa shape index (κ2) is 6.74. The number of nitrogens with one attached hydrogen (secondary N) is 1. The summed E-state index contributed by atoms with van der Waals surface area (Å²) in [6, 6.07) is 0.